The molecule has 92 valence electrons. The van der Waals surface area contributed by atoms with Crippen molar-refractivity contribution in [1.29, 1.82) is 0 Å². The minimum Gasteiger partial charge on any atom is -0.478 e. The van der Waals surface area contributed by atoms with Gasteiger partial charge in [0.05, 0.1) is 22.9 Å². The van der Waals surface area contributed by atoms with Gasteiger partial charge < -0.3 is 10.2 Å². The predicted octanol–water partition coefficient (Wildman–Crippen LogP) is 2.59. The van der Waals surface area contributed by atoms with Gasteiger partial charge in [-0.25, -0.2) is 4.79 Å². The molecule has 1 aromatic carbocycles. The zero-order valence-electron chi connectivity index (χ0n) is 9.30. The van der Waals surface area contributed by atoms with Gasteiger partial charge in [-0.3, -0.25) is 4.98 Å². The Morgan fingerprint density at radius 3 is 2.56 bits per heavy atom. The Hall–Kier alpha value is -1.91. The molecule has 0 spiro atoms. The lowest BCUT2D eigenvalue weighted by atomic mass is 10.0. The molecule has 0 aliphatic heterocycles. The number of carboxylic acids is 1. The molecule has 0 aliphatic rings. The van der Waals surface area contributed by atoms with Gasteiger partial charge in [0.1, 0.15) is 0 Å². The number of benzene rings is 1. The van der Waals surface area contributed by atoms with Crippen molar-refractivity contribution in [3.05, 3.63) is 52.8 Å². The topological polar surface area (TPSA) is 70.4 Å². The van der Waals surface area contributed by atoms with Crippen LogP contribution in [-0.4, -0.2) is 21.2 Å². The molecular formula is C13H10ClNO3. The molecular weight excluding hydrogens is 254 g/mol. The first-order valence-corrected chi connectivity index (χ1v) is 5.58. The van der Waals surface area contributed by atoms with Crippen LogP contribution in [0.1, 0.15) is 16.1 Å². The minimum atomic E-state index is -1.06. The largest absolute Gasteiger partial charge is 0.478 e. The van der Waals surface area contributed by atoms with Crippen molar-refractivity contribution in [2.45, 2.75) is 6.61 Å². The van der Waals surface area contributed by atoms with Crippen molar-refractivity contribution >= 4 is 17.6 Å². The van der Waals surface area contributed by atoms with E-state index in [-0.39, 0.29) is 17.2 Å². The number of hydrogen-bond acceptors (Lipinski definition) is 3. The maximum absolute atomic E-state index is 10.8. The number of pyridine rings is 1. The summed E-state index contributed by atoms with van der Waals surface area (Å²) in [5, 5.41) is 18.1. The molecule has 4 nitrogen and oxygen atoms in total. The van der Waals surface area contributed by atoms with E-state index in [1.165, 1.54) is 6.07 Å². The molecule has 2 aromatic rings. The third-order valence-corrected chi connectivity index (χ3v) is 2.82. The van der Waals surface area contributed by atoms with E-state index in [1.54, 1.807) is 30.5 Å². The van der Waals surface area contributed by atoms with Crippen LogP contribution < -0.4 is 0 Å². The van der Waals surface area contributed by atoms with Crippen LogP contribution in [0.25, 0.3) is 11.1 Å². The highest BCUT2D eigenvalue weighted by atomic mass is 35.5. The van der Waals surface area contributed by atoms with Crippen molar-refractivity contribution in [3.63, 3.8) is 0 Å². The van der Waals surface area contributed by atoms with E-state index in [9.17, 15) is 4.79 Å². The van der Waals surface area contributed by atoms with E-state index >= 15 is 0 Å². The van der Waals surface area contributed by atoms with Crippen LogP contribution in [0.2, 0.25) is 5.02 Å². The van der Waals surface area contributed by atoms with Crippen molar-refractivity contribution in [2.75, 3.05) is 0 Å². The Kier molecular flexibility index (Phi) is 3.60. The second-order valence-electron chi connectivity index (χ2n) is 3.69. The first kappa shape index (κ1) is 12.5. The number of carbonyl (C=O) groups is 1. The summed E-state index contributed by atoms with van der Waals surface area (Å²) in [4.78, 5) is 14.8. The lowest BCUT2D eigenvalue weighted by molar-refractivity contribution is 0.0697. The molecule has 0 bridgehead atoms. The quantitative estimate of drug-likeness (QED) is 0.893. The van der Waals surface area contributed by atoms with Gasteiger partial charge >= 0.3 is 5.97 Å². The minimum absolute atomic E-state index is 0.0665. The van der Waals surface area contributed by atoms with E-state index in [2.05, 4.69) is 4.98 Å². The average molecular weight is 264 g/mol. The van der Waals surface area contributed by atoms with Gasteiger partial charge in [-0.05, 0) is 35.4 Å². The number of aliphatic hydroxyl groups excluding tert-OH is 1. The van der Waals surface area contributed by atoms with E-state index in [1.807, 2.05) is 0 Å². The zero-order chi connectivity index (χ0) is 13.1. The maximum Gasteiger partial charge on any atom is 0.337 e. The Morgan fingerprint density at radius 2 is 1.94 bits per heavy atom. The average Bonchev–Trinajstić information content (AvgIpc) is 2.38. The van der Waals surface area contributed by atoms with Crippen LogP contribution in [0.3, 0.4) is 0 Å². The van der Waals surface area contributed by atoms with Crippen molar-refractivity contribution in [1.82, 2.24) is 4.98 Å². The molecule has 5 heteroatoms. The van der Waals surface area contributed by atoms with Gasteiger partial charge in [0.2, 0.25) is 0 Å². The SMILES string of the molecule is O=C(O)c1ccc(-c2ccnc(CO)c2)cc1Cl. The van der Waals surface area contributed by atoms with Crippen LogP contribution >= 0.6 is 11.6 Å². The molecule has 2 rings (SSSR count). The summed E-state index contributed by atoms with van der Waals surface area (Å²) in [5.41, 5.74) is 2.22. The van der Waals surface area contributed by atoms with E-state index in [0.29, 0.717) is 5.69 Å². The highest BCUT2D eigenvalue weighted by molar-refractivity contribution is 6.33. The fourth-order valence-corrected chi connectivity index (χ4v) is 1.87. The zero-order valence-corrected chi connectivity index (χ0v) is 10.1. The Balaban J connectivity index is 2.45. The molecule has 0 saturated carbocycles. The molecule has 0 atom stereocenters. The molecule has 0 unspecified atom stereocenters. The summed E-state index contributed by atoms with van der Waals surface area (Å²) in [6.45, 7) is -0.144. The molecule has 0 amide bonds. The molecule has 0 radical (unpaired) electrons. The van der Waals surface area contributed by atoms with E-state index < -0.39 is 5.97 Å². The summed E-state index contributed by atoms with van der Waals surface area (Å²) in [6.07, 6.45) is 1.58. The fourth-order valence-electron chi connectivity index (χ4n) is 1.61. The number of rotatable bonds is 3. The van der Waals surface area contributed by atoms with Gasteiger partial charge in [0.25, 0.3) is 0 Å². The van der Waals surface area contributed by atoms with Gasteiger partial charge in [-0.1, -0.05) is 17.7 Å². The van der Waals surface area contributed by atoms with Crippen molar-refractivity contribution in [3.8, 4) is 11.1 Å². The van der Waals surface area contributed by atoms with Crippen LogP contribution in [0, 0.1) is 0 Å². The predicted molar refractivity (Wildman–Crippen MR) is 67.6 cm³/mol. The number of aromatic nitrogens is 1. The third kappa shape index (κ3) is 2.50. The molecule has 0 aliphatic carbocycles. The van der Waals surface area contributed by atoms with Crippen LogP contribution in [0.15, 0.2) is 36.5 Å². The Morgan fingerprint density at radius 1 is 1.22 bits per heavy atom. The summed E-state index contributed by atoms with van der Waals surface area (Å²) in [6, 6.07) is 8.21. The highest BCUT2D eigenvalue weighted by Gasteiger charge is 2.09. The Bertz CT molecular complexity index is 599. The first-order valence-electron chi connectivity index (χ1n) is 5.21. The third-order valence-electron chi connectivity index (χ3n) is 2.51. The molecule has 2 N–H and O–H groups in total. The number of nitrogens with zero attached hydrogens (tertiary/aromatic N) is 1. The smallest absolute Gasteiger partial charge is 0.337 e. The standard InChI is InChI=1S/C13H10ClNO3/c14-12-6-8(1-2-11(12)13(17)18)9-3-4-15-10(5-9)7-16/h1-6,16H,7H2,(H,17,18). The number of aromatic carboxylic acids is 1. The maximum atomic E-state index is 10.8. The number of aliphatic hydroxyl groups is 1. The molecule has 0 saturated heterocycles. The second-order valence-corrected chi connectivity index (χ2v) is 4.10. The number of hydrogen-bond donors (Lipinski definition) is 2. The normalized spacial score (nSPS) is 10.3. The lowest BCUT2D eigenvalue weighted by Gasteiger charge is -2.05. The second kappa shape index (κ2) is 5.16. The van der Waals surface area contributed by atoms with Crippen LogP contribution in [-0.2, 0) is 6.61 Å². The molecule has 18 heavy (non-hydrogen) atoms. The summed E-state index contributed by atoms with van der Waals surface area (Å²) in [7, 11) is 0. The van der Waals surface area contributed by atoms with Gasteiger partial charge in [0, 0.05) is 6.20 Å². The van der Waals surface area contributed by atoms with Gasteiger partial charge in [-0.2, -0.15) is 0 Å². The number of carboxylic acid groups (broad SMARTS) is 1. The van der Waals surface area contributed by atoms with Gasteiger partial charge in [-0.15, -0.1) is 0 Å². The molecule has 0 fully saturated rings. The first-order chi connectivity index (χ1) is 8.61. The summed E-state index contributed by atoms with van der Waals surface area (Å²) >= 11 is 5.90. The molecule has 1 heterocycles. The summed E-state index contributed by atoms with van der Waals surface area (Å²) < 4.78 is 0. The Labute approximate surface area is 108 Å². The van der Waals surface area contributed by atoms with Crippen molar-refractivity contribution < 1.29 is 15.0 Å². The van der Waals surface area contributed by atoms with Crippen LogP contribution in [0.5, 0.6) is 0 Å². The fraction of sp³-hybridized carbons (Fsp3) is 0.0769. The van der Waals surface area contributed by atoms with E-state index in [0.717, 1.165) is 11.1 Å². The van der Waals surface area contributed by atoms with Crippen LogP contribution in [0.4, 0.5) is 0 Å². The lowest BCUT2D eigenvalue weighted by Crippen LogP contribution is -1.97. The van der Waals surface area contributed by atoms with Gasteiger partial charge in [0.15, 0.2) is 0 Å². The van der Waals surface area contributed by atoms with E-state index in [4.69, 9.17) is 21.8 Å². The monoisotopic (exact) mass is 263 g/mol. The van der Waals surface area contributed by atoms with Crippen molar-refractivity contribution in [2.24, 2.45) is 0 Å². The summed E-state index contributed by atoms with van der Waals surface area (Å²) in [5.74, 6) is -1.06. The number of halogens is 1. The highest BCUT2D eigenvalue weighted by Crippen LogP contribution is 2.25. The molecule has 1 aromatic heterocycles.